The molecule has 0 aliphatic rings. The van der Waals surface area contributed by atoms with Crippen LogP contribution in [0.2, 0.25) is 10.0 Å². The highest BCUT2D eigenvalue weighted by molar-refractivity contribution is 7.97. The summed E-state index contributed by atoms with van der Waals surface area (Å²) in [5.41, 5.74) is 3.42. The molecule has 0 aromatic heterocycles. The molecule has 0 spiro atoms. The predicted octanol–water partition coefficient (Wildman–Crippen LogP) is 6.35. The molecule has 0 fully saturated rings. The van der Waals surface area contributed by atoms with Crippen molar-refractivity contribution < 1.29 is 4.79 Å². The zero-order valence-corrected chi connectivity index (χ0v) is 17.0. The van der Waals surface area contributed by atoms with Crippen molar-refractivity contribution in [2.45, 2.75) is 18.4 Å². The van der Waals surface area contributed by atoms with Gasteiger partial charge >= 0.3 is 0 Å². The van der Waals surface area contributed by atoms with Crippen LogP contribution in [0.4, 0.5) is 5.69 Å². The number of carbonyl (C=O) groups is 1. The number of rotatable bonds is 6. The predicted molar refractivity (Wildman–Crippen MR) is 115 cm³/mol. The lowest BCUT2D eigenvalue weighted by atomic mass is 10.1. The minimum Gasteiger partial charge on any atom is -0.322 e. The summed E-state index contributed by atoms with van der Waals surface area (Å²) >= 11 is 13.4. The Hall–Kier alpha value is -1.98. The topological polar surface area (TPSA) is 41.1 Å². The van der Waals surface area contributed by atoms with Crippen LogP contribution in [0.15, 0.2) is 71.6 Å². The first-order valence-electron chi connectivity index (χ1n) is 8.33. The number of carbonyl (C=O) groups excluding carboxylic acids is 1. The van der Waals surface area contributed by atoms with E-state index in [9.17, 15) is 4.79 Å². The molecule has 3 rings (SSSR count). The second-order valence-corrected chi connectivity index (χ2v) is 7.75. The summed E-state index contributed by atoms with van der Waals surface area (Å²) in [4.78, 5) is 13.5. The molecule has 3 nitrogen and oxygen atoms in total. The molecule has 0 aliphatic heterocycles. The Morgan fingerprint density at radius 3 is 2.48 bits per heavy atom. The number of aryl methyl sites for hydroxylation is 1. The molecule has 6 heteroatoms. The van der Waals surface area contributed by atoms with Crippen molar-refractivity contribution in [3.63, 3.8) is 0 Å². The smallest absolute Gasteiger partial charge is 0.255 e. The van der Waals surface area contributed by atoms with E-state index in [1.807, 2.05) is 43.3 Å². The van der Waals surface area contributed by atoms with Crippen molar-refractivity contribution in [3.8, 4) is 0 Å². The monoisotopic (exact) mass is 416 g/mol. The summed E-state index contributed by atoms with van der Waals surface area (Å²) in [6.45, 7) is 2.71. The van der Waals surface area contributed by atoms with Gasteiger partial charge in [0.15, 0.2) is 0 Å². The number of benzene rings is 3. The Balaban J connectivity index is 1.65. The summed E-state index contributed by atoms with van der Waals surface area (Å²) in [6, 6.07) is 21.0. The van der Waals surface area contributed by atoms with E-state index in [4.69, 9.17) is 23.2 Å². The van der Waals surface area contributed by atoms with Gasteiger partial charge in [0, 0.05) is 22.7 Å². The van der Waals surface area contributed by atoms with Gasteiger partial charge in [0.25, 0.3) is 5.91 Å². The Kier molecular flexibility index (Phi) is 6.80. The van der Waals surface area contributed by atoms with Crippen LogP contribution in [0.3, 0.4) is 0 Å². The summed E-state index contributed by atoms with van der Waals surface area (Å²) in [6.07, 6.45) is 0. The second-order valence-electron chi connectivity index (χ2n) is 5.97. The van der Waals surface area contributed by atoms with Crippen molar-refractivity contribution in [1.82, 2.24) is 4.72 Å². The first-order chi connectivity index (χ1) is 13.0. The first kappa shape index (κ1) is 19.8. The van der Waals surface area contributed by atoms with E-state index in [0.717, 1.165) is 22.7 Å². The second kappa shape index (κ2) is 9.29. The summed E-state index contributed by atoms with van der Waals surface area (Å²) < 4.78 is 3.34. The lowest BCUT2D eigenvalue weighted by Crippen LogP contribution is -2.13. The number of amides is 1. The van der Waals surface area contributed by atoms with Crippen LogP contribution in [0.1, 0.15) is 21.5 Å². The third-order valence-electron chi connectivity index (χ3n) is 3.95. The molecule has 0 radical (unpaired) electrons. The van der Waals surface area contributed by atoms with Crippen molar-refractivity contribution >= 4 is 46.7 Å². The van der Waals surface area contributed by atoms with Gasteiger partial charge in [-0.05, 0) is 60.3 Å². The van der Waals surface area contributed by atoms with Crippen molar-refractivity contribution in [1.29, 1.82) is 0 Å². The number of anilines is 1. The molecule has 1 amide bonds. The Morgan fingerprint density at radius 1 is 0.963 bits per heavy atom. The standard InChI is InChI=1S/C21H18Cl2N2OS/c1-14-7-9-17(27-24-13-15-5-3-2-4-6-15)12-20(14)25-21(26)16-8-10-18(22)19(23)11-16/h2-12,24H,13H2,1H3,(H,25,26). The zero-order chi connectivity index (χ0) is 19.2. The average molecular weight is 417 g/mol. The van der Waals surface area contributed by atoms with Gasteiger partial charge in [0.05, 0.1) is 10.0 Å². The first-order valence-corrected chi connectivity index (χ1v) is 9.91. The molecule has 0 atom stereocenters. The van der Waals surface area contributed by atoms with Crippen LogP contribution in [0.25, 0.3) is 0 Å². The maximum atomic E-state index is 12.5. The molecular weight excluding hydrogens is 399 g/mol. The van der Waals surface area contributed by atoms with Gasteiger partial charge in [-0.25, -0.2) is 0 Å². The van der Waals surface area contributed by atoms with E-state index in [1.165, 1.54) is 17.5 Å². The van der Waals surface area contributed by atoms with Gasteiger partial charge in [-0.15, -0.1) is 0 Å². The van der Waals surface area contributed by atoms with E-state index < -0.39 is 0 Å². The highest BCUT2D eigenvalue weighted by Crippen LogP contribution is 2.26. The van der Waals surface area contributed by atoms with Crippen LogP contribution in [0.5, 0.6) is 0 Å². The summed E-state index contributed by atoms with van der Waals surface area (Å²) in [5, 5.41) is 3.72. The molecular formula is C21H18Cl2N2OS. The highest BCUT2D eigenvalue weighted by atomic mass is 35.5. The fourth-order valence-corrected chi connectivity index (χ4v) is 3.45. The molecule has 3 aromatic rings. The maximum Gasteiger partial charge on any atom is 0.255 e. The van der Waals surface area contributed by atoms with Crippen molar-refractivity contribution in [3.05, 3.63) is 93.5 Å². The van der Waals surface area contributed by atoms with E-state index in [0.29, 0.717) is 15.6 Å². The number of halogens is 2. The number of hydrogen-bond acceptors (Lipinski definition) is 3. The number of nitrogens with one attached hydrogen (secondary N) is 2. The van der Waals surface area contributed by atoms with Gasteiger partial charge < -0.3 is 5.32 Å². The lowest BCUT2D eigenvalue weighted by molar-refractivity contribution is 0.102. The normalized spacial score (nSPS) is 10.6. The van der Waals surface area contributed by atoms with Gasteiger partial charge in [-0.3, -0.25) is 9.52 Å². The third kappa shape index (κ3) is 5.50. The maximum absolute atomic E-state index is 12.5. The van der Waals surface area contributed by atoms with Crippen LogP contribution in [-0.4, -0.2) is 5.91 Å². The molecule has 0 saturated carbocycles. The molecule has 27 heavy (non-hydrogen) atoms. The van der Waals surface area contributed by atoms with Crippen LogP contribution in [-0.2, 0) is 6.54 Å². The lowest BCUT2D eigenvalue weighted by Gasteiger charge is -2.11. The average Bonchev–Trinajstić information content (AvgIpc) is 2.67. The molecule has 138 valence electrons. The SMILES string of the molecule is Cc1ccc(SNCc2ccccc2)cc1NC(=O)c1ccc(Cl)c(Cl)c1. The summed E-state index contributed by atoms with van der Waals surface area (Å²) in [5.74, 6) is -0.226. The molecule has 0 aliphatic carbocycles. The quantitative estimate of drug-likeness (QED) is 0.459. The molecule has 0 heterocycles. The largest absolute Gasteiger partial charge is 0.322 e. The molecule has 0 saturated heterocycles. The molecule has 2 N–H and O–H groups in total. The van der Waals surface area contributed by atoms with E-state index >= 15 is 0 Å². The Labute approximate surface area is 173 Å². The van der Waals surface area contributed by atoms with Crippen LogP contribution in [0, 0.1) is 6.92 Å². The molecule has 0 bridgehead atoms. The van der Waals surface area contributed by atoms with E-state index in [2.05, 4.69) is 22.2 Å². The van der Waals surface area contributed by atoms with Crippen molar-refractivity contribution in [2.24, 2.45) is 0 Å². The van der Waals surface area contributed by atoms with Crippen molar-refractivity contribution in [2.75, 3.05) is 5.32 Å². The van der Waals surface area contributed by atoms with E-state index in [-0.39, 0.29) is 5.91 Å². The Bertz CT molecular complexity index is 948. The van der Waals surface area contributed by atoms with E-state index in [1.54, 1.807) is 18.2 Å². The number of hydrogen-bond donors (Lipinski definition) is 2. The molecule has 0 unspecified atom stereocenters. The minimum absolute atomic E-state index is 0.226. The third-order valence-corrected chi connectivity index (χ3v) is 5.47. The van der Waals surface area contributed by atoms with Gasteiger partial charge in [0.2, 0.25) is 0 Å². The summed E-state index contributed by atoms with van der Waals surface area (Å²) in [7, 11) is 0. The van der Waals surface area contributed by atoms with Crippen LogP contribution >= 0.6 is 35.1 Å². The van der Waals surface area contributed by atoms with Gasteiger partial charge in [0.1, 0.15) is 0 Å². The fraction of sp³-hybridized carbons (Fsp3) is 0.0952. The fourth-order valence-electron chi connectivity index (χ4n) is 2.43. The zero-order valence-electron chi connectivity index (χ0n) is 14.6. The van der Waals surface area contributed by atoms with Gasteiger partial charge in [-0.2, -0.15) is 0 Å². The van der Waals surface area contributed by atoms with Crippen LogP contribution < -0.4 is 10.0 Å². The Morgan fingerprint density at radius 2 is 1.74 bits per heavy atom. The minimum atomic E-state index is -0.226. The highest BCUT2D eigenvalue weighted by Gasteiger charge is 2.10. The molecule has 3 aromatic carbocycles. The van der Waals surface area contributed by atoms with Gasteiger partial charge in [-0.1, -0.05) is 59.6 Å².